The number of aliphatic hydroxyl groups is 1. The normalized spacial score (nSPS) is 50.2. The Morgan fingerprint density at radius 3 is 2.12 bits per heavy atom. The van der Waals surface area contributed by atoms with Gasteiger partial charge >= 0.3 is 0 Å². The van der Waals surface area contributed by atoms with Crippen LogP contribution in [-0.2, 0) is 0 Å². The third-order valence-corrected chi connectivity index (χ3v) is 4.98. The van der Waals surface area contributed by atoms with Crippen molar-refractivity contribution in [3.63, 3.8) is 0 Å². The Bertz CT molecular complexity index is 211. The molecule has 2 saturated carbocycles. The van der Waals surface area contributed by atoms with Gasteiger partial charge < -0.3 is 5.11 Å². The molecule has 0 heterocycles. The second-order valence-electron chi connectivity index (χ2n) is 6.19. The molecule has 0 aromatic heterocycles. The van der Waals surface area contributed by atoms with Crippen molar-refractivity contribution in [2.75, 3.05) is 0 Å². The summed E-state index contributed by atoms with van der Waals surface area (Å²) in [7, 11) is 0. The number of hydrogen-bond donors (Lipinski definition) is 1. The summed E-state index contributed by atoms with van der Waals surface area (Å²) in [6.07, 6.45) is 5.42. The van der Waals surface area contributed by atoms with E-state index in [1.165, 1.54) is 25.7 Å². The highest BCUT2D eigenvalue weighted by Crippen LogP contribution is 2.42. The van der Waals surface area contributed by atoms with Gasteiger partial charge in [0.05, 0.1) is 6.10 Å². The van der Waals surface area contributed by atoms with Gasteiger partial charge in [-0.3, -0.25) is 0 Å². The second-order valence-corrected chi connectivity index (χ2v) is 6.19. The Labute approximate surface area is 98.4 Å². The lowest BCUT2D eigenvalue weighted by atomic mass is 9.68. The summed E-state index contributed by atoms with van der Waals surface area (Å²) in [4.78, 5) is 0. The van der Waals surface area contributed by atoms with Gasteiger partial charge in [-0.15, -0.1) is 0 Å². The van der Waals surface area contributed by atoms with Crippen LogP contribution in [0.4, 0.5) is 4.39 Å². The van der Waals surface area contributed by atoms with E-state index in [1.54, 1.807) is 0 Å². The lowest BCUT2D eigenvalue weighted by molar-refractivity contribution is -0.0198. The highest BCUT2D eigenvalue weighted by molar-refractivity contribution is 4.88. The van der Waals surface area contributed by atoms with Gasteiger partial charge in [0.15, 0.2) is 0 Å². The minimum atomic E-state index is -0.784. The van der Waals surface area contributed by atoms with Crippen molar-refractivity contribution >= 4 is 0 Å². The zero-order chi connectivity index (χ0) is 11.7. The van der Waals surface area contributed by atoms with E-state index in [0.717, 1.165) is 12.3 Å². The number of alkyl halides is 1. The minimum absolute atomic E-state index is 0.154. The highest BCUT2D eigenvalue weighted by atomic mass is 19.1. The molecule has 0 aromatic rings. The van der Waals surface area contributed by atoms with E-state index < -0.39 is 12.3 Å². The van der Waals surface area contributed by atoms with Crippen LogP contribution in [0.5, 0.6) is 0 Å². The third-order valence-electron chi connectivity index (χ3n) is 4.98. The molecule has 0 aromatic carbocycles. The smallest absolute Gasteiger partial charge is 0.105 e. The molecule has 2 aliphatic rings. The molecule has 2 heteroatoms. The molecule has 1 nitrogen and oxygen atoms in total. The maximum atomic E-state index is 13.7. The average Bonchev–Trinajstić information content (AvgIpc) is 2.26. The van der Waals surface area contributed by atoms with Gasteiger partial charge in [-0.2, -0.15) is 0 Å². The van der Waals surface area contributed by atoms with Crippen molar-refractivity contribution in [2.24, 2.45) is 23.7 Å². The monoisotopic (exact) mass is 228 g/mol. The van der Waals surface area contributed by atoms with Crippen LogP contribution in [0.3, 0.4) is 0 Å². The molecule has 1 N–H and O–H groups in total. The first-order chi connectivity index (χ1) is 7.58. The Morgan fingerprint density at radius 1 is 0.938 bits per heavy atom. The van der Waals surface area contributed by atoms with Gasteiger partial charge in [-0.1, -0.05) is 26.7 Å². The van der Waals surface area contributed by atoms with Crippen LogP contribution >= 0.6 is 0 Å². The molecule has 16 heavy (non-hydrogen) atoms. The van der Waals surface area contributed by atoms with Crippen LogP contribution in [0.25, 0.3) is 0 Å². The van der Waals surface area contributed by atoms with Crippen molar-refractivity contribution in [1.29, 1.82) is 0 Å². The van der Waals surface area contributed by atoms with Gasteiger partial charge in [0, 0.05) is 5.92 Å². The summed E-state index contributed by atoms with van der Waals surface area (Å²) in [6, 6.07) is 0. The first-order valence-electron chi connectivity index (χ1n) is 6.90. The molecule has 2 fully saturated rings. The second kappa shape index (κ2) is 5.03. The van der Waals surface area contributed by atoms with Crippen molar-refractivity contribution in [1.82, 2.24) is 0 Å². The van der Waals surface area contributed by atoms with E-state index in [1.807, 2.05) is 6.92 Å². The zero-order valence-electron chi connectivity index (χ0n) is 10.5. The Hall–Kier alpha value is -0.110. The summed E-state index contributed by atoms with van der Waals surface area (Å²) in [5.74, 6) is 1.81. The predicted octanol–water partition coefficient (Wildman–Crippen LogP) is 3.56. The van der Waals surface area contributed by atoms with Crippen LogP contribution in [0.15, 0.2) is 0 Å². The largest absolute Gasteiger partial charge is 0.393 e. The van der Waals surface area contributed by atoms with Crippen LogP contribution < -0.4 is 0 Å². The summed E-state index contributed by atoms with van der Waals surface area (Å²) in [6.45, 7) is 4.15. The highest BCUT2D eigenvalue weighted by Gasteiger charge is 2.38. The first-order valence-corrected chi connectivity index (χ1v) is 6.90. The van der Waals surface area contributed by atoms with Crippen molar-refractivity contribution in [3.8, 4) is 0 Å². The Balaban J connectivity index is 1.90. The van der Waals surface area contributed by atoms with E-state index in [0.29, 0.717) is 18.3 Å². The fourth-order valence-electron chi connectivity index (χ4n) is 3.51. The minimum Gasteiger partial charge on any atom is -0.393 e. The molecule has 0 radical (unpaired) electrons. The van der Waals surface area contributed by atoms with E-state index in [9.17, 15) is 9.50 Å². The molecule has 94 valence electrons. The Kier molecular flexibility index (Phi) is 3.89. The van der Waals surface area contributed by atoms with Gasteiger partial charge in [0.25, 0.3) is 0 Å². The molecular formula is C14H25FO. The number of rotatable bonds is 1. The molecule has 0 spiro atoms. The molecule has 2 rings (SSSR count). The summed E-state index contributed by atoms with van der Waals surface area (Å²) < 4.78 is 13.7. The standard InChI is InChI=1S/C14H25FO/c1-9-3-5-11(6-4-9)12-7-13(15)10(2)14(16)8-12/h9-14,16H,3-8H2,1-2H3. The lowest BCUT2D eigenvalue weighted by Crippen LogP contribution is -2.39. The fraction of sp³-hybridized carbons (Fsp3) is 1.00. The number of halogens is 1. The lowest BCUT2D eigenvalue weighted by Gasteiger charge is -2.40. The molecule has 4 unspecified atom stereocenters. The number of hydrogen-bond acceptors (Lipinski definition) is 1. The van der Waals surface area contributed by atoms with Crippen LogP contribution in [0, 0.1) is 23.7 Å². The summed E-state index contributed by atoms with van der Waals surface area (Å²) >= 11 is 0. The molecular weight excluding hydrogens is 203 g/mol. The van der Waals surface area contributed by atoms with E-state index >= 15 is 0 Å². The molecule has 4 atom stereocenters. The van der Waals surface area contributed by atoms with Gasteiger partial charge in [-0.25, -0.2) is 4.39 Å². The zero-order valence-corrected chi connectivity index (χ0v) is 10.5. The molecule has 0 saturated heterocycles. The number of aliphatic hydroxyl groups excluding tert-OH is 1. The topological polar surface area (TPSA) is 20.2 Å². The quantitative estimate of drug-likeness (QED) is 0.727. The van der Waals surface area contributed by atoms with E-state index in [4.69, 9.17) is 0 Å². The molecule has 0 aliphatic heterocycles. The van der Waals surface area contributed by atoms with E-state index in [2.05, 4.69) is 6.92 Å². The van der Waals surface area contributed by atoms with Gasteiger partial charge in [0.1, 0.15) is 6.17 Å². The van der Waals surface area contributed by atoms with Crippen molar-refractivity contribution in [2.45, 2.75) is 64.6 Å². The molecule has 0 amide bonds. The SMILES string of the molecule is CC1CCC(C2CC(O)C(C)C(F)C2)CC1. The summed E-state index contributed by atoms with van der Waals surface area (Å²) in [5, 5.41) is 9.86. The first kappa shape index (κ1) is 12.3. The van der Waals surface area contributed by atoms with Gasteiger partial charge in [0.2, 0.25) is 0 Å². The predicted molar refractivity (Wildman–Crippen MR) is 63.9 cm³/mol. The fourth-order valence-corrected chi connectivity index (χ4v) is 3.51. The van der Waals surface area contributed by atoms with E-state index in [-0.39, 0.29) is 5.92 Å². The molecule has 2 aliphatic carbocycles. The maximum Gasteiger partial charge on any atom is 0.105 e. The van der Waals surface area contributed by atoms with Crippen molar-refractivity contribution in [3.05, 3.63) is 0 Å². The summed E-state index contributed by atoms with van der Waals surface area (Å²) in [5.41, 5.74) is 0. The van der Waals surface area contributed by atoms with Crippen LogP contribution in [-0.4, -0.2) is 17.4 Å². The average molecular weight is 228 g/mol. The van der Waals surface area contributed by atoms with Gasteiger partial charge in [-0.05, 0) is 43.4 Å². The Morgan fingerprint density at radius 2 is 1.56 bits per heavy atom. The third kappa shape index (κ3) is 2.58. The van der Waals surface area contributed by atoms with Crippen molar-refractivity contribution < 1.29 is 9.50 Å². The van der Waals surface area contributed by atoms with Crippen LogP contribution in [0.1, 0.15) is 52.4 Å². The maximum absolute atomic E-state index is 13.7. The van der Waals surface area contributed by atoms with Crippen LogP contribution in [0.2, 0.25) is 0 Å². The molecule has 0 bridgehead atoms.